The number of rotatable bonds is 7. The highest BCUT2D eigenvalue weighted by atomic mass is 32.1. The van der Waals surface area contributed by atoms with Crippen LogP contribution in [0.15, 0.2) is 0 Å². The van der Waals surface area contributed by atoms with Crippen molar-refractivity contribution in [2.24, 2.45) is 5.73 Å². The smallest absolute Gasteiger partial charge is 0.244 e. The fraction of sp³-hybridized carbons (Fsp3) is 0.667. The fourth-order valence-corrected chi connectivity index (χ4v) is 2.09. The Labute approximate surface area is 132 Å². The number of nitrogens with zero attached hydrogens (tertiary/aromatic N) is 3. The van der Waals surface area contributed by atoms with Crippen LogP contribution in [0.3, 0.4) is 0 Å². The minimum atomic E-state index is -0.120. The van der Waals surface area contributed by atoms with Gasteiger partial charge in [-0.1, -0.05) is 26.1 Å². The zero-order chi connectivity index (χ0) is 16.2. The normalized spacial score (nSPS) is 11.8. The minimum Gasteiger partial charge on any atom is -0.474 e. The van der Waals surface area contributed by atoms with Crippen LogP contribution in [0.5, 0.6) is 5.88 Å². The Kier molecular flexibility index (Phi) is 6.04. The van der Waals surface area contributed by atoms with Crippen molar-refractivity contribution >= 4 is 17.2 Å². The van der Waals surface area contributed by atoms with E-state index in [0.29, 0.717) is 17.5 Å². The van der Waals surface area contributed by atoms with Crippen molar-refractivity contribution in [3.05, 3.63) is 16.8 Å². The van der Waals surface area contributed by atoms with Crippen LogP contribution < -0.4 is 10.5 Å². The van der Waals surface area contributed by atoms with Gasteiger partial charge < -0.3 is 15.4 Å². The summed E-state index contributed by atoms with van der Waals surface area (Å²) in [6, 6.07) is 0. The first kappa shape index (κ1) is 17.8. The maximum Gasteiger partial charge on any atom is 0.244 e. The summed E-state index contributed by atoms with van der Waals surface area (Å²) in [7, 11) is 4.03. The third-order valence-corrected chi connectivity index (χ3v) is 4.04. The number of nitrogens with two attached hydrogens (primary N) is 1. The lowest BCUT2D eigenvalue weighted by Crippen LogP contribution is -2.43. The summed E-state index contributed by atoms with van der Waals surface area (Å²) in [5, 5.41) is 8.44. The van der Waals surface area contributed by atoms with E-state index in [1.54, 1.807) is 0 Å². The molecule has 0 amide bonds. The molecule has 0 atom stereocenters. The van der Waals surface area contributed by atoms with E-state index in [0.717, 1.165) is 29.7 Å². The molecule has 0 unspecified atom stereocenters. The molecule has 0 radical (unpaired) electrons. The average Bonchev–Trinajstić information content (AvgIpc) is 2.43. The van der Waals surface area contributed by atoms with Crippen LogP contribution in [0.4, 0.5) is 0 Å². The second-order valence-electron chi connectivity index (χ2n) is 5.87. The van der Waals surface area contributed by atoms with Gasteiger partial charge >= 0.3 is 0 Å². The average molecular weight is 310 g/mol. The van der Waals surface area contributed by atoms with Crippen molar-refractivity contribution in [1.82, 2.24) is 15.1 Å². The van der Waals surface area contributed by atoms with Crippen molar-refractivity contribution in [3.63, 3.8) is 0 Å². The van der Waals surface area contributed by atoms with Gasteiger partial charge in [-0.3, -0.25) is 0 Å². The maximum atomic E-state index is 5.89. The lowest BCUT2D eigenvalue weighted by atomic mass is 10.0. The van der Waals surface area contributed by atoms with E-state index in [1.807, 2.05) is 21.0 Å². The van der Waals surface area contributed by atoms with Gasteiger partial charge in [-0.2, -0.15) is 5.10 Å². The zero-order valence-corrected chi connectivity index (χ0v) is 14.7. The van der Waals surface area contributed by atoms with Crippen molar-refractivity contribution in [2.75, 3.05) is 20.7 Å². The molecular weight excluding hydrogens is 284 g/mol. The first-order chi connectivity index (χ1) is 9.74. The van der Waals surface area contributed by atoms with Crippen molar-refractivity contribution < 1.29 is 4.74 Å². The highest BCUT2D eigenvalue weighted by molar-refractivity contribution is 7.80. The van der Waals surface area contributed by atoms with Crippen LogP contribution in [0, 0.1) is 0 Å². The molecule has 0 aromatic carbocycles. The predicted molar refractivity (Wildman–Crippen MR) is 89.9 cm³/mol. The summed E-state index contributed by atoms with van der Waals surface area (Å²) in [4.78, 5) is 2.41. The standard InChI is InChI=1S/C15H26N4OS/c1-7-10-11(8-2)17-18-14(12(10)13(16)21)20-9-15(3,4)19(5)6/h7-9H2,1-6H3,(H2,16,21). The molecule has 0 saturated carbocycles. The van der Waals surface area contributed by atoms with Crippen LogP contribution >= 0.6 is 12.2 Å². The second kappa shape index (κ2) is 7.13. The monoisotopic (exact) mass is 310 g/mol. The molecule has 1 aromatic rings. The van der Waals surface area contributed by atoms with E-state index >= 15 is 0 Å². The van der Waals surface area contributed by atoms with Gasteiger partial charge in [-0.05, 0) is 46.3 Å². The highest BCUT2D eigenvalue weighted by Gasteiger charge is 2.24. The van der Waals surface area contributed by atoms with E-state index in [-0.39, 0.29) is 5.54 Å². The Bertz CT molecular complexity index is 515. The summed E-state index contributed by atoms with van der Waals surface area (Å²) in [5.74, 6) is 0.437. The molecule has 1 heterocycles. The minimum absolute atomic E-state index is 0.120. The number of ether oxygens (including phenoxy) is 1. The summed E-state index contributed by atoms with van der Waals surface area (Å²) in [6.45, 7) is 8.79. The second-order valence-corrected chi connectivity index (χ2v) is 6.31. The van der Waals surface area contributed by atoms with E-state index in [2.05, 4.69) is 35.9 Å². The molecule has 1 rings (SSSR count). The van der Waals surface area contributed by atoms with Gasteiger partial charge in [0.1, 0.15) is 11.6 Å². The van der Waals surface area contributed by atoms with Crippen LogP contribution in [-0.2, 0) is 12.8 Å². The van der Waals surface area contributed by atoms with Gasteiger partial charge in [-0.25, -0.2) is 0 Å². The topological polar surface area (TPSA) is 64.3 Å². The van der Waals surface area contributed by atoms with E-state index in [4.69, 9.17) is 22.7 Å². The van der Waals surface area contributed by atoms with Gasteiger partial charge in [-0.15, -0.1) is 5.10 Å². The molecule has 5 nitrogen and oxygen atoms in total. The number of aromatic nitrogens is 2. The zero-order valence-electron chi connectivity index (χ0n) is 13.9. The van der Waals surface area contributed by atoms with Crippen LogP contribution in [0.2, 0.25) is 0 Å². The van der Waals surface area contributed by atoms with E-state index < -0.39 is 0 Å². The van der Waals surface area contributed by atoms with Crippen molar-refractivity contribution in [1.29, 1.82) is 0 Å². The molecule has 0 saturated heterocycles. The predicted octanol–water partition coefficient (Wildman–Crippen LogP) is 1.95. The lowest BCUT2D eigenvalue weighted by molar-refractivity contribution is 0.110. The van der Waals surface area contributed by atoms with Gasteiger partial charge in [0, 0.05) is 5.54 Å². The Morgan fingerprint density at radius 2 is 1.86 bits per heavy atom. The Hall–Kier alpha value is -1.27. The molecule has 0 aliphatic heterocycles. The third-order valence-electron chi connectivity index (χ3n) is 3.83. The van der Waals surface area contributed by atoms with Crippen LogP contribution in [0.1, 0.15) is 44.5 Å². The molecule has 0 bridgehead atoms. The van der Waals surface area contributed by atoms with Gasteiger partial charge in [0.05, 0.1) is 11.3 Å². The highest BCUT2D eigenvalue weighted by Crippen LogP contribution is 2.24. The fourth-order valence-electron chi connectivity index (χ4n) is 1.88. The number of hydrogen-bond acceptors (Lipinski definition) is 5. The number of aryl methyl sites for hydroxylation is 1. The van der Waals surface area contributed by atoms with E-state index in [9.17, 15) is 0 Å². The van der Waals surface area contributed by atoms with Crippen molar-refractivity contribution in [3.8, 4) is 5.88 Å². The summed E-state index contributed by atoms with van der Waals surface area (Å²) in [5.41, 5.74) is 8.47. The molecule has 118 valence electrons. The molecule has 1 aromatic heterocycles. The lowest BCUT2D eigenvalue weighted by Gasteiger charge is -2.32. The molecule has 0 aliphatic rings. The Morgan fingerprint density at radius 1 is 1.24 bits per heavy atom. The quantitative estimate of drug-likeness (QED) is 0.777. The molecule has 0 fully saturated rings. The summed E-state index contributed by atoms with van der Waals surface area (Å²) in [6.07, 6.45) is 1.61. The molecule has 21 heavy (non-hydrogen) atoms. The van der Waals surface area contributed by atoms with Gasteiger partial charge in [0.15, 0.2) is 0 Å². The Morgan fingerprint density at radius 3 is 2.29 bits per heavy atom. The molecule has 2 N–H and O–H groups in total. The molecule has 6 heteroatoms. The first-order valence-electron chi connectivity index (χ1n) is 7.23. The van der Waals surface area contributed by atoms with E-state index in [1.165, 1.54) is 0 Å². The Balaban J connectivity index is 3.16. The molecule has 0 aliphatic carbocycles. The third kappa shape index (κ3) is 4.11. The largest absolute Gasteiger partial charge is 0.474 e. The number of thiocarbonyl (C=S) groups is 1. The van der Waals surface area contributed by atoms with Gasteiger partial charge in [0.2, 0.25) is 5.88 Å². The summed E-state index contributed by atoms with van der Waals surface area (Å²) < 4.78 is 5.88. The van der Waals surface area contributed by atoms with Gasteiger partial charge in [0.25, 0.3) is 0 Å². The van der Waals surface area contributed by atoms with Crippen molar-refractivity contribution in [2.45, 2.75) is 46.1 Å². The molecular formula is C15H26N4OS. The SMILES string of the molecule is CCc1nnc(OCC(C)(C)N(C)C)c(C(N)=S)c1CC. The number of hydrogen-bond donors (Lipinski definition) is 1. The molecule has 0 spiro atoms. The maximum absolute atomic E-state index is 5.89. The summed E-state index contributed by atoms with van der Waals surface area (Å²) >= 11 is 5.19. The van der Waals surface area contributed by atoms with Crippen LogP contribution in [0.25, 0.3) is 0 Å². The first-order valence-corrected chi connectivity index (χ1v) is 7.63. The number of likely N-dealkylation sites (N-methyl/N-ethyl adjacent to an activating group) is 1. The van der Waals surface area contributed by atoms with Crippen LogP contribution in [-0.4, -0.2) is 46.3 Å².